The summed E-state index contributed by atoms with van der Waals surface area (Å²) in [4.78, 5) is 22.9. The van der Waals surface area contributed by atoms with Crippen molar-refractivity contribution in [2.45, 2.75) is 6.92 Å². The predicted octanol–water partition coefficient (Wildman–Crippen LogP) is 3.17. The number of benzene rings is 1. The standard InChI is InChI=1S/C10H9Cl2N2O3P/c1-4(15)8-5(11)2-6(12)10(17)9(8)14-7(16)3-13-18/h2,17-18H,3H2,1H3,(H,14,16). The van der Waals surface area contributed by atoms with E-state index in [0.29, 0.717) is 0 Å². The highest BCUT2D eigenvalue weighted by atomic mass is 35.5. The number of nitrogens with one attached hydrogen (secondary N) is 1. The minimum atomic E-state index is -0.527. The van der Waals surface area contributed by atoms with Crippen molar-refractivity contribution in [3.63, 3.8) is 0 Å². The van der Waals surface area contributed by atoms with Crippen LogP contribution in [0.3, 0.4) is 0 Å². The first-order valence-corrected chi connectivity index (χ1v) is 5.93. The lowest BCUT2D eigenvalue weighted by molar-refractivity contribution is -0.114. The van der Waals surface area contributed by atoms with E-state index in [0.717, 1.165) is 0 Å². The third-order valence-electron chi connectivity index (χ3n) is 2.04. The van der Waals surface area contributed by atoms with Crippen molar-refractivity contribution in [1.82, 2.24) is 0 Å². The SMILES string of the molecule is CC(=O)c1c(Cl)cc(Cl)c(O)c1NC(=O)CN=P. The van der Waals surface area contributed by atoms with Gasteiger partial charge in [0, 0.05) is 0 Å². The zero-order valence-corrected chi connectivity index (χ0v) is 11.8. The van der Waals surface area contributed by atoms with Crippen molar-refractivity contribution in [3.8, 4) is 5.75 Å². The van der Waals surface area contributed by atoms with E-state index in [1.165, 1.54) is 13.0 Å². The minimum absolute atomic E-state index is 0.000812. The highest BCUT2D eigenvalue weighted by molar-refractivity contribution is 7.04. The number of hydrogen-bond donors (Lipinski definition) is 2. The van der Waals surface area contributed by atoms with Gasteiger partial charge in [0.25, 0.3) is 0 Å². The molecule has 2 N–H and O–H groups in total. The van der Waals surface area contributed by atoms with Crippen LogP contribution in [-0.2, 0) is 4.79 Å². The zero-order chi connectivity index (χ0) is 13.9. The molecule has 0 aromatic heterocycles. The Morgan fingerprint density at radius 1 is 1.44 bits per heavy atom. The molecule has 0 fully saturated rings. The molecule has 0 aliphatic carbocycles. The van der Waals surface area contributed by atoms with Crippen LogP contribution in [0.15, 0.2) is 10.8 Å². The van der Waals surface area contributed by atoms with Gasteiger partial charge in [-0.2, -0.15) is 0 Å². The van der Waals surface area contributed by atoms with Crippen molar-refractivity contribution in [2.75, 3.05) is 11.9 Å². The number of phenols is 1. The highest BCUT2D eigenvalue weighted by Gasteiger charge is 2.20. The van der Waals surface area contributed by atoms with Gasteiger partial charge in [0.05, 0.1) is 21.3 Å². The van der Waals surface area contributed by atoms with Gasteiger partial charge in [-0.15, -0.1) is 0 Å². The topological polar surface area (TPSA) is 78.8 Å². The first-order chi connectivity index (χ1) is 8.38. The Balaban J connectivity index is 3.34. The van der Waals surface area contributed by atoms with Crippen molar-refractivity contribution in [3.05, 3.63) is 21.7 Å². The van der Waals surface area contributed by atoms with E-state index in [4.69, 9.17) is 23.2 Å². The lowest BCUT2D eigenvalue weighted by atomic mass is 10.1. The summed E-state index contributed by atoms with van der Waals surface area (Å²) in [5.41, 5.74) is -0.110. The number of Topliss-reactive ketones (excluding diaryl/α,β-unsaturated/α-hetero) is 1. The molecular weight excluding hydrogens is 298 g/mol. The molecule has 96 valence electrons. The maximum Gasteiger partial charge on any atom is 0.246 e. The Bertz CT molecular complexity index is 534. The van der Waals surface area contributed by atoms with Gasteiger partial charge < -0.3 is 10.4 Å². The van der Waals surface area contributed by atoms with Crippen LogP contribution >= 0.6 is 32.2 Å². The van der Waals surface area contributed by atoms with E-state index in [-0.39, 0.29) is 27.8 Å². The number of phenolic OH excluding ortho intramolecular Hbond substituents is 1. The summed E-state index contributed by atoms with van der Waals surface area (Å²) in [6.07, 6.45) is 0. The molecule has 0 aliphatic heterocycles. The van der Waals surface area contributed by atoms with Crippen molar-refractivity contribution in [1.29, 1.82) is 0 Å². The average molecular weight is 307 g/mol. The van der Waals surface area contributed by atoms with Gasteiger partial charge in [-0.3, -0.25) is 14.3 Å². The molecule has 0 saturated heterocycles. The molecule has 1 rings (SSSR count). The summed E-state index contributed by atoms with van der Waals surface area (Å²) in [5.74, 6) is -1.34. The highest BCUT2D eigenvalue weighted by Crippen LogP contribution is 2.39. The van der Waals surface area contributed by atoms with Crippen molar-refractivity contribution < 1.29 is 14.7 Å². The molecule has 0 spiro atoms. The summed E-state index contributed by atoms with van der Waals surface area (Å²) >= 11 is 11.6. The van der Waals surface area contributed by atoms with Gasteiger partial charge in [-0.1, -0.05) is 23.2 Å². The van der Waals surface area contributed by atoms with Gasteiger partial charge >= 0.3 is 0 Å². The van der Waals surface area contributed by atoms with Crippen LogP contribution in [0.1, 0.15) is 17.3 Å². The molecule has 1 amide bonds. The molecule has 8 heteroatoms. The lowest BCUT2D eigenvalue weighted by Gasteiger charge is -2.13. The van der Waals surface area contributed by atoms with Gasteiger partial charge in [0.1, 0.15) is 6.54 Å². The number of nitrogens with zero attached hydrogens (tertiary/aromatic N) is 1. The first-order valence-electron chi connectivity index (χ1n) is 4.73. The monoisotopic (exact) mass is 306 g/mol. The van der Waals surface area contributed by atoms with Gasteiger partial charge in [0.2, 0.25) is 5.91 Å². The summed E-state index contributed by atoms with van der Waals surface area (Å²) in [6, 6.07) is 1.24. The van der Waals surface area contributed by atoms with Gasteiger partial charge in [-0.25, -0.2) is 0 Å². The normalized spacial score (nSPS) is 9.94. The average Bonchev–Trinajstić information content (AvgIpc) is 2.25. The molecule has 0 radical (unpaired) electrons. The number of carbonyl (C=O) groups is 2. The first kappa shape index (κ1) is 14.9. The lowest BCUT2D eigenvalue weighted by Crippen LogP contribution is -2.16. The number of carbonyl (C=O) groups excluding carboxylic acids is 2. The molecule has 0 unspecified atom stereocenters. The van der Waals surface area contributed by atoms with E-state index in [1.807, 2.05) is 0 Å². The third-order valence-corrected chi connectivity index (χ3v) is 2.79. The number of aromatic hydroxyl groups is 1. The predicted molar refractivity (Wildman–Crippen MR) is 72.4 cm³/mol. The summed E-state index contributed by atoms with van der Waals surface area (Å²) in [5, 5.41) is 12.1. The number of ketones is 1. The van der Waals surface area contributed by atoms with E-state index in [1.54, 1.807) is 0 Å². The maximum absolute atomic E-state index is 11.5. The van der Waals surface area contributed by atoms with Crippen LogP contribution in [-0.4, -0.2) is 23.3 Å². The fourth-order valence-corrected chi connectivity index (χ4v) is 2.07. The summed E-state index contributed by atoms with van der Waals surface area (Å²) in [7, 11) is 2.79. The quantitative estimate of drug-likeness (QED) is 0.509. The summed E-state index contributed by atoms with van der Waals surface area (Å²) < 4.78 is 3.44. The van der Waals surface area contributed by atoms with E-state index >= 15 is 0 Å². The van der Waals surface area contributed by atoms with Crippen molar-refractivity contribution in [2.24, 2.45) is 4.74 Å². The Kier molecular flexibility index (Phi) is 5.08. The van der Waals surface area contributed by atoms with Gasteiger partial charge in [-0.05, 0) is 22.0 Å². The number of amides is 1. The molecule has 1 aromatic rings. The molecule has 0 atom stereocenters. The second-order valence-corrected chi connectivity index (χ2v) is 4.49. The molecule has 1 aromatic carbocycles. The third kappa shape index (κ3) is 3.19. The molecule has 0 aliphatic rings. The number of anilines is 1. The number of halogens is 2. The molecule has 18 heavy (non-hydrogen) atoms. The molecule has 0 saturated carbocycles. The van der Waals surface area contributed by atoms with Gasteiger partial charge in [0.15, 0.2) is 11.5 Å². The molecule has 0 bridgehead atoms. The summed E-state index contributed by atoms with van der Waals surface area (Å²) in [6.45, 7) is 1.08. The van der Waals surface area contributed by atoms with Crippen LogP contribution in [0.5, 0.6) is 5.75 Å². The van der Waals surface area contributed by atoms with E-state index in [9.17, 15) is 14.7 Å². The van der Waals surface area contributed by atoms with Crippen LogP contribution < -0.4 is 5.32 Å². The van der Waals surface area contributed by atoms with E-state index in [2.05, 4.69) is 19.1 Å². The smallest absolute Gasteiger partial charge is 0.246 e. The number of hydrogen-bond acceptors (Lipinski definition) is 4. The second kappa shape index (κ2) is 6.14. The van der Waals surface area contributed by atoms with Crippen LogP contribution in [0, 0.1) is 0 Å². The Morgan fingerprint density at radius 3 is 2.56 bits per heavy atom. The van der Waals surface area contributed by atoms with Crippen LogP contribution in [0.4, 0.5) is 5.69 Å². The van der Waals surface area contributed by atoms with Crippen LogP contribution in [0.2, 0.25) is 10.0 Å². The zero-order valence-electron chi connectivity index (χ0n) is 9.25. The number of rotatable bonds is 4. The Labute approximate surface area is 115 Å². The second-order valence-electron chi connectivity index (χ2n) is 3.36. The minimum Gasteiger partial charge on any atom is -0.504 e. The Hall–Kier alpha value is -1.16. The fourth-order valence-electron chi connectivity index (χ4n) is 1.33. The maximum atomic E-state index is 11.5. The molecular formula is C10H9Cl2N2O3P. The Morgan fingerprint density at radius 2 is 2.06 bits per heavy atom. The fraction of sp³-hybridized carbons (Fsp3) is 0.200. The van der Waals surface area contributed by atoms with E-state index < -0.39 is 17.4 Å². The van der Waals surface area contributed by atoms with Crippen molar-refractivity contribution >= 4 is 49.6 Å². The largest absolute Gasteiger partial charge is 0.504 e. The van der Waals surface area contributed by atoms with Crippen LogP contribution in [0.25, 0.3) is 0 Å². The molecule has 0 heterocycles. The molecule has 5 nitrogen and oxygen atoms in total.